The number of piperidine rings is 1. The SMILES string of the molecule is CN(C(=O)c1occ2c1CCC2)C1CCCN(c2ccccc2)C1. The molecule has 2 aliphatic rings. The summed E-state index contributed by atoms with van der Waals surface area (Å²) < 4.78 is 5.62. The number of amides is 1. The molecule has 0 spiro atoms. The van der Waals surface area contributed by atoms with Crippen LogP contribution in [0.15, 0.2) is 41.0 Å². The van der Waals surface area contributed by atoms with E-state index in [-0.39, 0.29) is 11.9 Å². The summed E-state index contributed by atoms with van der Waals surface area (Å²) in [4.78, 5) is 17.2. The lowest BCUT2D eigenvalue weighted by atomic mass is 10.0. The highest BCUT2D eigenvalue weighted by Gasteiger charge is 2.31. The van der Waals surface area contributed by atoms with Crippen molar-refractivity contribution in [1.29, 1.82) is 0 Å². The van der Waals surface area contributed by atoms with Crippen molar-refractivity contribution >= 4 is 11.6 Å². The topological polar surface area (TPSA) is 36.7 Å². The second-order valence-electron chi connectivity index (χ2n) is 6.92. The first-order valence-electron chi connectivity index (χ1n) is 8.90. The van der Waals surface area contributed by atoms with Crippen molar-refractivity contribution in [1.82, 2.24) is 4.90 Å². The van der Waals surface area contributed by atoms with Gasteiger partial charge >= 0.3 is 0 Å². The summed E-state index contributed by atoms with van der Waals surface area (Å²) in [5, 5.41) is 0. The summed E-state index contributed by atoms with van der Waals surface area (Å²) in [7, 11) is 1.92. The van der Waals surface area contributed by atoms with Gasteiger partial charge in [-0.2, -0.15) is 0 Å². The number of hydrogen-bond donors (Lipinski definition) is 0. The molecule has 1 amide bonds. The predicted octanol–water partition coefficient (Wildman–Crippen LogP) is 3.51. The Morgan fingerprint density at radius 1 is 1.21 bits per heavy atom. The molecule has 4 nitrogen and oxygen atoms in total. The van der Waals surface area contributed by atoms with Gasteiger partial charge in [0.05, 0.1) is 6.26 Å². The van der Waals surface area contributed by atoms with Crippen molar-refractivity contribution in [3.63, 3.8) is 0 Å². The molecule has 1 aromatic carbocycles. The molecule has 1 aliphatic carbocycles. The second kappa shape index (κ2) is 6.34. The lowest BCUT2D eigenvalue weighted by Crippen LogP contribution is -2.48. The molecule has 126 valence electrons. The van der Waals surface area contributed by atoms with E-state index in [1.807, 2.05) is 18.0 Å². The van der Waals surface area contributed by atoms with Gasteiger partial charge < -0.3 is 14.2 Å². The van der Waals surface area contributed by atoms with Gasteiger partial charge in [-0.1, -0.05) is 18.2 Å². The zero-order valence-corrected chi connectivity index (χ0v) is 14.2. The van der Waals surface area contributed by atoms with E-state index in [1.165, 1.54) is 11.3 Å². The van der Waals surface area contributed by atoms with Gasteiger partial charge in [0.1, 0.15) is 0 Å². The molecule has 4 rings (SSSR count). The number of carbonyl (C=O) groups is 1. The standard InChI is InChI=1S/C20H24N2O2/c1-21(20(23)19-18-11-5-7-15(18)14-24-19)17-10-6-12-22(13-17)16-8-3-2-4-9-16/h2-4,8-9,14,17H,5-7,10-13H2,1H3. The van der Waals surface area contributed by atoms with Crippen molar-refractivity contribution in [2.24, 2.45) is 0 Å². The van der Waals surface area contributed by atoms with E-state index in [4.69, 9.17) is 4.42 Å². The molecular weight excluding hydrogens is 300 g/mol. The molecule has 0 N–H and O–H groups in total. The lowest BCUT2D eigenvalue weighted by molar-refractivity contribution is 0.0683. The van der Waals surface area contributed by atoms with Gasteiger partial charge in [-0.15, -0.1) is 0 Å². The minimum absolute atomic E-state index is 0.0399. The van der Waals surface area contributed by atoms with Crippen LogP contribution < -0.4 is 4.90 Å². The number of benzene rings is 1. The Hall–Kier alpha value is -2.23. The number of likely N-dealkylation sites (N-methyl/N-ethyl adjacent to an activating group) is 1. The first-order valence-corrected chi connectivity index (χ1v) is 8.90. The average Bonchev–Trinajstić information content (AvgIpc) is 3.25. The van der Waals surface area contributed by atoms with Gasteiger partial charge in [0.25, 0.3) is 5.91 Å². The van der Waals surface area contributed by atoms with E-state index < -0.39 is 0 Å². The number of furan rings is 1. The third-order valence-corrected chi connectivity index (χ3v) is 5.43. The van der Waals surface area contributed by atoms with Crippen LogP contribution in [0.3, 0.4) is 0 Å². The maximum Gasteiger partial charge on any atom is 0.289 e. The molecule has 4 heteroatoms. The largest absolute Gasteiger partial charge is 0.459 e. The van der Waals surface area contributed by atoms with E-state index in [9.17, 15) is 4.79 Å². The van der Waals surface area contributed by atoms with E-state index in [2.05, 4.69) is 29.2 Å². The molecule has 1 aliphatic heterocycles. The first kappa shape index (κ1) is 15.3. The Balaban J connectivity index is 1.49. The molecule has 0 radical (unpaired) electrons. The van der Waals surface area contributed by atoms with Gasteiger partial charge in [0.15, 0.2) is 5.76 Å². The molecule has 24 heavy (non-hydrogen) atoms. The number of para-hydroxylation sites is 1. The Bertz CT molecular complexity index is 722. The zero-order valence-electron chi connectivity index (χ0n) is 14.2. The Morgan fingerprint density at radius 2 is 2.04 bits per heavy atom. The zero-order chi connectivity index (χ0) is 16.5. The quantitative estimate of drug-likeness (QED) is 0.867. The Morgan fingerprint density at radius 3 is 2.88 bits per heavy atom. The predicted molar refractivity (Wildman–Crippen MR) is 94.5 cm³/mol. The fraction of sp³-hybridized carbons (Fsp3) is 0.450. The van der Waals surface area contributed by atoms with Crippen molar-refractivity contribution in [3.8, 4) is 0 Å². The van der Waals surface area contributed by atoms with Crippen molar-refractivity contribution in [3.05, 3.63) is 53.5 Å². The lowest BCUT2D eigenvalue weighted by Gasteiger charge is -2.38. The normalized spacial score (nSPS) is 20.0. The first-order chi connectivity index (χ1) is 11.7. The molecule has 1 aromatic heterocycles. The van der Waals surface area contributed by atoms with Crippen LogP contribution in [-0.2, 0) is 12.8 Å². The summed E-state index contributed by atoms with van der Waals surface area (Å²) in [6, 6.07) is 10.7. The summed E-state index contributed by atoms with van der Waals surface area (Å²) in [6.07, 6.45) is 7.08. The van der Waals surface area contributed by atoms with E-state index >= 15 is 0 Å². The summed E-state index contributed by atoms with van der Waals surface area (Å²) in [5.74, 6) is 0.611. The number of anilines is 1. The third kappa shape index (κ3) is 2.70. The van der Waals surface area contributed by atoms with Crippen LogP contribution in [-0.4, -0.2) is 37.0 Å². The van der Waals surface area contributed by atoms with Crippen molar-refractivity contribution in [2.75, 3.05) is 25.0 Å². The van der Waals surface area contributed by atoms with Crippen LogP contribution in [0.1, 0.15) is 40.9 Å². The van der Waals surface area contributed by atoms with Crippen LogP contribution in [0.2, 0.25) is 0 Å². The van der Waals surface area contributed by atoms with Gasteiger partial charge in [0, 0.05) is 37.4 Å². The van der Waals surface area contributed by atoms with Crippen LogP contribution in [0.25, 0.3) is 0 Å². The summed E-state index contributed by atoms with van der Waals surface area (Å²) in [6.45, 7) is 1.94. The Labute approximate surface area is 143 Å². The highest BCUT2D eigenvalue weighted by Crippen LogP contribution is 2.29. The number of carbonyl (C=O) groups excluding carboxylic acids is 1. The number of fused-ring (bicyclic) bond motifs is 1. The second-order valence-corrected chi connectivity index (χ2v) is 6.92. The fourth-order valence-electron chi connectivity index (χ4n) is 4.01. The van der Waals surface area contributed by atoms with E-state index in [1.54, 1.807) is 6.26 Å². The molecule has 2 aromatic rings. The molecule has 2 heterocycles. The smallest absolute Gasteiger partial charge is 0.289 e. The molecular formula is C20H24N2O2. The van der Waals surface area contributed by atoms with Crippen LogP contribution in [0.5, 0.6) is 0 Å². The van der Waals surface area contributed by atoms with Crippen LogP contribution in [0, 0.1) is 0 Å². The summed E-state index contributed by atoms with van der Waals surface area (Å²) >= 11 is 0. The minimum Gasteiger partial charge on any atom is -0.459 e. The average molecular weight is 324 g/mol. The molecule has 1 saturated heterocycles. The van der Waals surface area contributed by atoms with Crippen LogP contribution in [0.4, 0.5) is 5.69 Å². The number of nitrogens with zero attached hydrogens (tertiary/aromatic N) is 2. The maximum atomic E-state index is 12.9. The molecule has 1 atom stereocenters. The highest BCUT2D eigenvalue weighted by molar-refractivity contribution is 5.93. The van der Waals surface area contributed by atoms with Gasteiger partial charge in [-0.3, -0.25) is 4.79 Å². The summed E-state index contributed by atoms with van der Waals surface area (Å²) in [5.41, 5.74) is 3.60. The number of rotatable bonds is 3. The third-order valence-electron chi connectivity index (χ3n) is 5.43. The molecule has 1 unspecified atom stereocenters. The van der Waals surface area contributed by atoms with E-state index in [0.29, 0.717) is 5.76 Å². The van der Waals surface area contributed by atoms with Crippen molar-refractivity contribution in [2.45, 2.75) is 38.1 Å². The van der Waals surface area contributed by atoms with Gasteiger partial charge in [-0.25, -0.2) is 0 Å². The van der Waals surface area contributed by atoms with Crippen molar-refractivity contribution < 1.29 is 9.21 Å². The highest BCUT2D eigenvalue weighted by atomic mass is 16.3. The monoisotopic (exact) mass is 324 g/mol. The molecule has 0 bridgehead atoms. The minimum atomic E-state index is 0.0399. The molecule has 0 saturated carbocycles. The van der Waals surface area contributed by atoms with Gasteiger partial charge in [0.2, 0.25) is 0 Å². The van der Waals surface area contributed by atoms with Gasteiger partial charge in [-0.05, 0) is 49.8 Å². The van der Waals surface area contributed by atoms with Crippen LogP contribution >= 0.6 is 0 Å². The number of hydrogen-bond acceptors (Lipinski definition) is 3. The Kier molecular flexibility index (Phi) is 4.05. The maximum absolute atomic E-state index is 12.9. The number of aryl methyl sites for hydroxylation is 1. The molecule has 1 fully saturated rings. The van der Waals surface area contributed by atoms with E-state index in [0.717, 1.165) is 50.8 Å². The fourth-order valence-corrected chi connectivity index (χ4v) is 4.01.